The van der Waals surface area contributed by atoms with Crippen molar-refractivity contribution >= 4 is 11.6 Å². The molecule has 1 aromatic carbocycles. The van der Waals surface area contributed by atoms with Crippen molar-refractivity contribution in [2.45, 2.75) is 30.9 Å². The third-order valence-corrected chi connectivity index (χ3v) is 3.58. The maximum atomic E-state index is 14.2. The van der Waals surface area contributed by atoms with Gasteiger partial charge in [0.1, 0.15) is 11.6 Å². The molecule has 0 saturated heterocycles. The summed E-state index contributed by atoms with van der Waals surface area (Å²) in [5, 5.41) is 7.66. The standard InChI is InChI=1S/C13H10ClF4N3/c14-6-10-19-20-12(21(10)7-4-5-7)8-2-1-3-9(11(8)15)13(16,17)18/h1-3,7H,4-6H2. The molecule has 1 aromatic heterocycles. The molecule has 112 valence electrons. The number of rotatable bonds is 3. The van der Waals surface area contributed by atoms with Crippen LogP contribution in [-0.4, -0.2) is 14.8 Å². The number of hydrogen-bond donors (Lipinski definition) is 0. The van der Waals surface area contributed by atoms with E-state index in [-0.39, 0.29) is 23.3 Å². The fraction of sp³-hybridized carbons (Fsp3) is 0.385. The molecule has 0 bridgehead atoms. The lowest BCUT2D eigenvalue weighted by Crippen LogP contribution is -2.10. The molecule has 0 spiro atoms. The molecule has 1 aliphatic rings. The molecule has 3 rings (SSSR count). The minimum atomic E-state index is -4.75. The van der Waals surface area contributed by atoms with Gasteiger partial charge in [0.2, 0.25) is 0 Å². The first-order valence-corrected chi connectivity index (χ1v) is 6.82. The molecule has 0 aliphatic heterocycles. The quantitative estimate of drug-likeness (QED) is 0.628. The predicted molar refractivity (Wildman–Crippen MR) is 68.2 cm³/mol. The number of benzene rings is 1. The first-order chi connectivity index (χ1) is 9.93. The van der Waals surface area contributed by atoms with Crippen LogP contribution in [0.25, 0.3) is 11.4 Å². The maximum absolute atomic E-state index is 14.2. The van der Waals surface area contributed by atoms with Crippen molar-refractivity contribution in [3.63, 3.8) is 0 Å². The van der Waals surface area contributed by atoms with Crippen LogP contribution in [0.5, 0.6) is 0 Å². The topological polar surface area (TPSA) is 30.7 Å². The molecule has 1 aliphatic carbocycles. The van der Waals surface area contributed by atoms with Gasteiger partial charge < -0.3 is 4.57 Å². The molecular weight excluding hydrogens is 310 g/mol. The van der Waals surface area contributed by atoms with Gasteiger partial charge in [-0.1, -0.05) is 6.07 Å². The molecule has 0 unspecified atom stereocenters. The molecular formula is C13H10ClF4N3. The lowest BCUT2D eigenvalue weighted by atomic mass is 10.1. The first-order valence-electron chi connectivity index (χ1n) is 6.29. The van der Waals surface area contributed by atoms with Gasteiger partial charge in [-0.15, -0.1) is 21.8 Å². The molecule has 0 atom stereocenters. The van der Waals surface area contributed by atoms with Gasteiger partial charge in [0.15, 0.2) is 5.82 Å². The second kappa shape index (κ2) is 4.98. The van der Waals surface area contributed by atoms with Crippen LogP contribution in [0.4, 0.5) is 17.6 Å². The number of hydrogen-bond acceptors (Lipinski definition) is 2. The Kier molecular flexibility index (Phi) is 3.39. The van der Waals surface area contributed by atoms with Crippen LogP contribution >= 0.6 is 11.6 Å². The van der Waals surface area contributed by atoms with E-state index in [9.17, 15) is 17.6 Å². The Morgan fingerprint density at radius 3 is 2.52 bits per heavy atom. The highest BCUT2D eigenvalue weighted by Gasteiger charge is 2.37. The zero-order chi connectivity index (χ0) is 15.2. The SMILES string of the molecule is Fc1c(-c2nnc(CCl)n2C2CC2)cccc1C(F)(F)F. The Bertz CT molecular complexity index is 677. The second-order valence-electron chi connectivity index (χ2n) is 4.84. The fourth-order valence-corrected chi connectivity index (χ4v) is 2.42. The fourth-order valence-electron chi connectivity index (χ4n) is 2.24. The molecule has 1 saturated carbocycles. The van der Waals surface area contributed by atoms with E-state index in [1.165, 1.54) is 6.07 Å². The van der Waals surface area contributed by atoms with Crippen LogP contribution in [0, 0.1) is 5.82 Å². The summed E-state index contributed by atoms with van der Waals surface area (Å²) in [4.78, 5) is 0. The highest BCUT2D eigenvalue weighted by atomic mass is 35.5. The third kappa shape index (κ3) is 2.50. The van der Waals surface area contributed by atoms with Gasteiger partial charge in [0, 0.05) is 6.04 Å². The average Bonchev–Trinajstić information content (AvgIpc) is 3.17. The monoisotopic (exact) mass is 319 g/mol. The number of aromatic nitrogens is 3. The molecule has 3 nitrogen and oxygen atoms in total. The van der Waals surface area contributed by atoms with E-state index in [1.807, 2.05) is 0 Å². The summed E-state index contributed by atoms with van der Waals surface area (Å²) in [5.41, 5.74) is -1.52. The van der Waals surface area contributed by atoms with Crippen molar-refractivity contribution in [1.29, 1.82) is 0 Å². The van der Waals surface area contributed by atoms with E-state index in [4.69, 9.17) is 11.6 Å². The zero-order valence-corrected chi connectivity index (χ0v) is 11.4. The molecule has 1 heterocycles. The molecule has 0 amide bonds. The number of nitrogens with zero attached hydrogens (tertiary/aromatic N) is 3. The summed E-state index contributed by atoms with van der Waals surface area (Å²) >= 11 is 5.75. The Morgan fingerprint density at radius 1 is 1.24 bits per heavy atom. The van der Waals surface area contributed by atoms with Crippen molar-refractivity contribution in [2.24, 2.45) is 0 Å². The van der Waals surface area contributed by atoms with Crippen molar-refractivity contribution in [2.75, 3.05) is 0 Å². The molecule has 21 heavy (non-hydrogen) atoms. The Morgan fingerprint density at radius 2 is 1.95 bits per heavy atom. The molecule has 2 aromatic rings. The Hall–Kier alpha value is -1.63. The minimum absolute atomic E-state index is 0.0735. The molecule has 8 heteroatoms. The minimum Gasteiger partial charge on any atom is -0.307 e. The summed E-state index contributed by atoms with van der Waals surface area (Å²) in [6, 6.07) is 3.22. The van der Waals surface area contributed by atoms with Crippen molar-refractivity contribution in [1.82, 2.24) is 14.8 Å². The lowest BCUT2D eigenvalue weighted by Gasteiger charge is -2.12. The highest BCUT2D eigenvalue weighted by molar-refractivity contribution is 6.16. The van der Waals surface area contributed by atoms with Crippen LogP contribution in [0.2, 0.25) is 0 Å². The van der Waals surface area contributed by atoms with E-state index in [0.29, 0.717) is 11.9 Å². The van der Waals surface area contributed by atoms with Gasteiger partial charge in [-0.2, -0.15) is 13.2 Å². The van der Waals surface area contributed by atoms with Crippen molar-refractivity contribution in [3.8, 4) is 11.4 Å². The van der Waals surface area contributed by atoms with Crippen molar-refractivity contribution in [3.05, 3.63) is 35.4 Å². The maximum Gasteiger partial charge on any atom is 0.419 e. The smallest absolute Gasteiger partial charge is 0.307 e. The van der Waals surface area contributed by atoms with Crippen LogP contribution in [0.3, 0.4) is 0 Å². The van der Waals surface area contributed by atoms with E-state index in [2.05, 4.69) is 10.2 Å². The third-order valence-electron chi connectivity index (χ3n) is 3.34. The number of alkyl halides is 4. The Balaban J connectivity index is 2.16. The molecule has 0 radical (unpaired) electrons. The Labute approximate surface area is 122 Å². The van der Waals surface area contributed by atoms with Gasteiger partial charge in [-0.25, -0.2) is 4.39 Å². The molecule has 0 N–H and O–H groups in total. The lowest BCUT2D eigenvalue weighted by molar-refractivity contribution is -0.139. The van der Waals surface area contributed by atoms with Gasteiger partial charge >= 0.3 is 6.18 Å². The molecule has 1 fully saturated rings. The number of halogens is 5. The van der Waals surface area contributed by atoms with Crippen LogP contribution in [0.1, 0.15) is 30.3 Å². The second-order valence-corrected chi connectivity index (χ2v) is 5.11. The summed E-state index contributed by atoms with van der Waals surface area (Å²) in [7, 11) is 0. The van der Waals surface area contributed by atoms with Crippen LogP contribution in [-0.2, 0) is 12.1 Å². The summed E-state index contributed by atoms with van der Waals surface area (Å²) in [5.74, 6) is -0.729. The van der Waals surface area contributed by atoms with Crippen molar-refractivity contribution < 1.29 is 17.6 Å². The van der Waals surface area contributed by atoms with E-state index in [1.54, 1.807) is 4.57 Å². The normalized spacial score (nSPS) is 15.5. The highest BCUT2D eigenvalue weighted by Crippen LogP contribution is 2.41. The summed E-state index contributed by atoms with van der Waals surface area (Å²) < 4.78 is 54.2. The first kappa shape index (κ1) is 14.3. The largest absolute Gasteiger partial charge is 0.419 e. The van der Waals surface area contributed by atoms with E-state index >= 15 is 0 Å². The van der Waals surface area contributed by atoms with E-state index < -0.39 is 17.6 Å². The van der Waals surface area contributed by atoms with Gasteiger partial charge in [0.25, 0.3) is 0 Å². The summed E-state index contributed by atoms with van der Waals surface area (Å²) in [6.45, 7) is 0. The van der Waals surface area contributed by atoms with Crippen LogP contribution in [0.15, 0.2) is 18.2 Å². The summed E-state index contributed by atoms with van der Waals surface area (Å²) in [6.07, 6.45) is -3.04. The van der Waals surface area contributed by atoms with E-state index in [0.717, 1.165) is 18.9 Å². The van der Waals surface area contributed by atoms with Gasteiger partial charge in [0.05, 0.1) is 17.0 Å². The zero-order valence-electron chi connectivity index (χ0n) is 10.7. The van der Waals surface area contributed by atoms with Crippen LogP contribution < -0.4 is 0 Å². The van der Waals surface area contributed by atoms with Gasteiger partial charge in [-0.3, -0.25) is 0 Å². The average molecular weight is 320 g/mol. The van der Waals surface area contributed by atoms with Gasteiger partial charge in [-0.05, 0) is 25.0 Å². The predicted octanol–water partition coefficient (Wildman–Crippen LogP) is 4.18.